The van der Waals surface area contributed by atoms with E-state index in [9.17, 15) is 14.7 Å². The molecule has 1 N–H and O–H groups in total. The third-order valence-electron chi connectivity index (χ3n) is 4.88. The van der Waals surface area contributed by atoms with E-state index in [4.69, 9.17) is 9.47 Å². The van der Waals surface area contributed by atoms with Gasteiger partial charge in [0.25, 0.3) is 0 Å². The van der Waals surface area contributed by atoms with Gasteiger partial charge in [-0.05, 0) is 37.5 Å². The quantitative estimate of drug-likeness (QED) is 0.647. The van der Waals surface area contributed by atoms with Crippen molar-refractivity contribution in [1.82, 2.24) is 0 Å². The number of phenolic OH excluding ortho intramolecular Hbond substituents is 1. The molecule has 1 aromatic rings. The predicted molar refractivity (Wildman–Crippen MR) is 96.2 cm³/mol. The lowest BCUT2D eigenvalue weighted by molar-refractivity contribution is -0.140. The van der Waals surface area contributed by atoms with Crippen LogP contribution in [0.25, 0.3) is 0 Å². The van der Waals surface area contributed by atoms with Crippen LogP contribution in [-0.4, -0.2) is 42.9 Å². The second kappa shape index (κ2) is 7.83. The Hall–Kier alpha value is -2.47. The molecule has 0 aromatic heterocycles. The first-order valence-electron chi connectivity index (χ1n) is 8.79. The van der Waals surface area contributed by atoms with E-state index >= 15 is 0 Å². The summed E-state index contributed by atoms with van der Waals surface area (Å²) in [5, 5.41) is 9.91. The molecule has 26 heavy (non-hydrogen) atoms. The van der Waals surface area contributed by atoms with Gasteiger partial charge in [0, 0.05) is 30.9 Å². The Morgan fingerprint density at radius 2 is 2.08 bits per heavy atom. The fourth-order valence-corrected chi connectivity index (χ4v) is 3.76. The number of ether oxygens (including phenoxy) is 2. The number of hydrogen-bond donors (Lipinski definition) is 1. The third kappa shape index (κ3) is 3.55. The highest BCUT2D eigenvalue weighted by atomic mass is 16.6. The van der Waals surface area contributed by atoms with Gasteiger partial charge in [-0.1, -0.05) is 12.1 Å². The summed E-state index contributed by atoms with van der Waals surface area (Å²) >= 11 is 0. The number of Topliss-reactive ketones (excluding diaryl/α,β-unsaturated/α-hetero) is 1. The first-order valence-corrected chi connectivity index (χ1v) is 8.79. The molecule has 1 saturated carbocycles. The molecule has 6 nitrogen and oxygen atoms in total. The fourth-order valence-electron chi connectivity index (χ4n) is 3.76. The molecule has 0 bridgehead atoms. The SMILES string of the molecule is COCCOC(=O)C1=C(C)N=C2CCCC(=O)C2C1c1cccc(O)c1. The van der Waals surface area contributed by atoms with Gasteiger partial charge in [0.15, 0.2) is 0 Å². The smallest absolute Gasteiger partial charge is 0.336 e. The molecule has 2 unspecified atom stereocenters. The number of fused-ring (bicyclic) bond motifs is 1. The maximum Gasteiger partial charge on any atom is 0.336 e. The summed E-state index contributed by atoms with van der Waals surface area (Å²) in [6.45, 7) is 2.20. The van der Waals surface area contributed by atoms with Gasteiger partial charge in [0.05, 0.1) is 18.1 Å². The van der Waals surface area contributed by atoms with Crippen molar-refractivity contribution in [2.45, 2.75) is 32.1 Å². The maximum absolute atomic E-state index is 12.8. The zero-order valence-corrected chi connectivity index (χ0v) is 15.0. The van der Waals surface area contributed by atoms with Crippen LogP contribution in [0.5, 0.6) is 5.75 Å². The molecule has 0 saturated heterocycles. The number of aromatic hydroxyl groups is 1. The topological polar surface area (TPSA) is 85.2 Å². The molecule has 0 spiro atoms. The van der Waals surface area contributed by atoms with E-state index < -0.39 is 17.8 Å². The number of benzene rings is 1. The van der Waals surface area contributed by atoms with Crippen molar-refractivity contribution in [2.24, 2.45) is 10.9 Å². The lowest BCUT2D eigenvalue weighted by atomic mass is 9.69. The summed E-state index contributed by atoms with van der Waals surface area (Å²) in [7, 11) is 1.53. The van der Waals surface area contributed by atoms with Gasteiger partial charge in [-0.3, -0.25) is 9.79 Å². The molecule has 3 rings (SSSR count). The highest BCUT2D eigenvalue weighted by molar-refractivity contribution is 6.11. The number of carbonyl (C=O) groups excluding carboxylic acids is 2. The van der Waals surface area contributed by atoms with Crippen LogP contribution in [-0.2, 0) is 19.1 Å². The predicted octanol–water partition coefficient (Wildman–Crippen LogP) is 2.76. The highest BCUT2D eigenvalue weighted by Crippen LogP contribution is 2.43. The minimum Gasteiger partial charge on any atom is -0.508 e. The number of esters is 1. The number of ketones is 1. The zero-order chi connectivity index (χ0) is 18.7. The second-order valence-corrected chi connectivity index (χ2v) is 6.60. The Labute approximate surface area is 152 Å². The summed E-state index contributed by atoms with van der Waals surface area (Å²) in [5.41, 5.74) is 2.49. The first kappa shape index (κ1) is 18.3. The number of phenols is 1. The molecule has 0 radical (unpaired) electrons. The van der Waals surface area contributed by atoms with Crippen LogP contribution < -0.4 is 0 Å². The van der Waals surface area contributed by atoms with Gasteiger partial charge >= 0.3 is 5.97 Å². The molecular weight excluding hydrogens is 334 g/mol. The van der Waals surface area contributed by atoms with Gasteiger partial charge < -0.3 is 14.6 Å². The number of carbonyl (C=O) groups is 2. The van der Waals surface area contributed by atoms with Gasteiger partial charge in [-0.2, -0.15) is 0 Å². The van der Waals surface area contributed by atoms with E-state index in [2.05, 4.69) is 4.99 Å². The Kier molecular flexibility index (Phi) is 5.52. The lowest BCUT2D eigenvalue weighted by Crippen LogP contribution is -2.39. The summed E-state index contributed by atoms with van der Waals surface area (Å²) in [6, 6.07) is 6.71. The van der Waals surface area contributed by atoms with Crippen molar-refractivity contribution in [3.63, 3.8) is 0 Å². The summed E-state index contributed by atoms with van der Waals surface area (Å²) in [5.74, 6) is -1.27. The molecule has 6 heteroatoms. The summed E-state index contributed by atoms with van der Waals surface area (Å²) in [4.78, 5) is 30.0. The van der Waals surface area contributed by atoms with Crippen LogP contribution in [0.4, 0.5) is 0 Å². The summed E-state index contributed by atoms with van der Waals surface area (Å²) < 4.78 is 10.3. The Morgan fingerprint density at radius 3 is 2.81 bits per heavy atom. The van der Waals surface area contributed by atoms with Crippen molar-refractivity contribution in [2.75, 3.05) is 20.3 Å². The molecule has 1 aromatic carbocycles. The number of methoxy groups -OCH3 is 1. The molecule has 1 fully saturated rings. The van der Waals surface area contributed by atoms with Gasteiger partial charge in [0.1, 0.15) is 18.1 Å². The van der Waals surface area contributed by atoms with Gasteiger partial charge in [0.2, 0.25) is 0 Å². The van der Waals surface area contributed by atoms with Gasteiger partial charge in [-0.15, -0.1) is 0 Å². The Bertz CT molecular complexity index is 780. The van der Waals surface area contributed by atoms with Crippen molar-refractivity contribution in [3.05, 3.63) is 41.1 Å². The Morgan fingerprint density at radius 1 is 1.27 bits per heavy atom. The van der Waals surface area contributed by atoms with Crippen molar-refractivity contribution in [3.8, 4) is 5.75 Å². The number of rotatable bonds is 5. The zero-order valence-electron chi connectivity index (χ0n) is 15.0. The van der Waals surface area contributed by atoms with Crippen LogP contribution in [0.3, 0.4) is 0 Å². The van der Waals surface area contributed by atoms with Crippen molar-refractivity contribution in [1.29, 1.82) is 0 Å². The number of hydrogen-bond acceptors (Lipinski definition) is 6. The van der Waals surface area contributed by atoms with E-state index in [1.165, 1.54) is 7.11 Å². The average molecular weight is 357 g/mol. The number of allylic oxidation sites excluding steroid dienone is 1. The highest BCUT2D eigenvalue weighted by Gasteiger charge is 2.43. The van der Waals surface area contributed by atoms with Crippen molar-refractivity contribution >= 4 is 17.5 Å². The number of aliphatic imine (C=N–C) groups is 1. The molecular formula is C20H23NO5. The number of nitrogens with zero attached hydrogens (tertiary/aromatic N) is 1. The minimum absolute atomic E-state index is 0.0815. The van der Waals surface area contributed by atoms with Crippen LogP contribution in [0, 0.1) is 5.92 Å². The molecule has 1 heterocycles. The van der Waals surface area contributed by atoms with Crippen LogP contribution in [0.15, 0.2) is 40.5 Å². The maximum atomic E-state index is 12.8. The minimum atomic E-state index is -0.492. The fraction of sp³-hybridized carbons (Fsp3) is 0.450. The van der Waals surface area contributed by atoms with E-state index in [1.54, 1.807) is 25.1 Å². The first-order chi connectivity index (χ1) is 12.5. The molecule has 2 aliphatic rings. The third-order valence-corrected chi connectivity index (χ3v) is 4.88. The molecule has 1 aliphatic carbocycles. The normalized spacial score (nSPS) is 22.7. The lowest BCUT2D eigenvalue weighted by Gasteiger charge is -2.35. The van der Waals surface area contributed by atoms with Crippen molar-refractivity contribution < 1.29 is 24.2 Å². The van der Waals surface area contributed by atoms with E-state index in [0.717, 1.165) is 24.1 Å². The van der Waals surface area contributed by atoms with Crippen LogP contribution in [0.1, 0.15) is 37.7 Å². The molecule has 138 valence electrons. The average Bonchev–Trinajstić information content (AvgIpc) is 2.61. The van der Waals surface area contributed by atoms with Gasteiger partial charge in [-0.25, -0.2) is 4.79 Å². The van der Waals surface area contributed by atoms with Crippen LogP contribution in [0.2, 0.25) is 0 Å². The Balaban J connectivity index is 2.05. The van der Waals surface area contributed by atoms with E-state index in [-0.39, 0.29) is 18.1 Å². The summed E-state index contributed by atoms with van der Waals surface area (Å²) in [6.07, 6.45) is 2.00. The molecule has 2 atom stereocenters. The molecule has 0 amide bonds. The van der Waals surface area contributed by atoms with E-state index in [1.807, 2.05) is 6.07 Å². The standard InChI is InChI=1S/C20H23NO5/c1-12-17(20(24)26-10-9-25-2)18(13-5-3-6-14(22)11-13)19-15(21-12)7-4-8-16(19)23/h3,5-6,11,18-19,22H,4,7-10H2,1-2H3. The largest absolute Gasteiger partial charge is 0.508 e. The van der Waals surface area contributed by atoms with E-state index in [0.29, 0.717) is 24.3 Å². The monoisotopic (exact) mass is 357 g/mol. The molecule has 1 aliphatic heterocycles. The van der Waals surface area contributed by atoms with Crippen LogP contribution >= 0.6 is 0 Å². The second-order valence-electron chi connectivity index (χ2n) is 6.60.